The fourth-order valence-corrected chi connectivity index (χ4v) is 1.78. The van der Waals surface area contributed by atoms with Crippen LogP contribution >= 0.6 is 0 Å². The second-order valence-electron chi connectivity index (χ2n) is 3.90. The van der Waals surface area contributed by atoms with Gasteiger partial charge in [-0.15, -0.1) is 0 Å². The van der Waals surface area contributed by atoms with Crippen LogP contribution in [0.1, 0.15) is 13.8 Å². The van der Waals surface area contributed by atoms with Gasteiger partial charge in [0.1, 0.15) is 12.7 Å². The molecule has 3 atom stereocenters. The normalized spacial score (nSPS) is 41.1. The molecule has 0 aromatic carbocycles. The molecule has 2 aliphatic rings. The molecule has 5 heteroatoms. The Balaban J connectivity index is 2.18. The van der Waals surface area contributed by atoms with E-state index in [1.807, 2.05) is 0 Å². The quantitative estimate of drug-likeness (QED) is 0.602. The van der Waals surface area contributed by atoms with Crippen molar-refractivity contribution in [3.8, 4) is 0 Å². The molecule has 5 nitrogen and oxygen atoms in total. The number of Topliss-reactive ketones (excluding diaryl/α,β-unsaturated/α-hetero) is 1. The summed E-state index contributed by atoms with van der Waals surface area (Å²) in [5.74, 6) is -0.830. The maximum Gasteiger partial charge on any atom is 0.190 e. The summed E-state index contributed by atoms with van der Waals surface area (Å²) in [5.41, 5.74) is 0. The van der Waals surface area contributed by atoms with Gasteiger partial charge >= 0.3 is 0 Å². The third-order valence-electron chi connectivity index (χ3n) is 2.34. The van der Waals surface area contributed by atoms with Crippen molar-refractivity contribution in [3.05, 3.63) is 0 Å². The Hall–Kier alpha value is -0.490. The molecule has 80 valence electrons. The van der Waals surface area contributed by atoms with Crippen molar-refractivity contribution in [1.29, 1.82) is 0 Å². The summed E-state index contributed by atoms with van der Waals surface area (Å²) in [7, 11) is 1.52. The molecular formula is C9H14O5. The van der Waals surface area contributed by atoms with Crippen LogP contribution in [0.2, 0.25) is 0 Å². The number of carbonyl (C=O) groups excluding carboxylic acids is 1. The van der Waals surface area contributed by atoms with Gasteiger partial charge in [0.2, 0.25) is 0 Å². The summed E-state index contributed by atoms with van der Waals surface area (Å²) in [5, 5.41) is 0. The maximum atomic E-state index is 11.4. The molecule has 2 heterocycles. The monoisotopic (exact) mass is 202 g/mol. The van der Waals surface area contributed by atoms with Crippen LogP contribution in [-0.2, 0) is 23.7 Å². The summed E-state index contributed by atoms with van der Waals surface area (Å²) in [6.45, 7) is 3.57. The summed E-state index contributed by atoms with van der Waals surface area (Å²) in [6, 6.07) is 0. The Labute approximate surface area is 82.3 Å². The third-order valence-corrected chi connectivity index (χ3v) is 2.34. The van der Waals surface area contributed by atoms with E-state index in [2.05, 4.69) is 0 Å². The number of rotatable bonds is 1. The van der Waals surface area contributed by atoms with E-state index in [1.54, 1.807) is 13.8 Å². The number of ketones is 1. The molecule has 2 aliphatic heterocycles. The van der Waals surface area contributed by atoms with Gasteiger partial charge in [-0.3, -0.25) is 4.79 Å². The average molecular weight is 202 g/mol. The van der Waals surface area contributed by atoms with E-state index in [-0.39, 0.29) is 12.4 Å². The number of hydrogen-bond donors (Lipinski definition) is 0. The second kappa shape index (κ2) is 3.27. The van der Waals surface area contributed by atoms with Crippen molar-refractivity contribution in [3.63, 3.8) is 0 Å². The smallest absolute Gasteiger partial charge is 0.190 e. The average Bonchev–Trinajstić information content (AvgIpc) is 2.42. The molecule has 2 saturated heterocycles. The first-order chi connectivity index (χ1) is 6.53. The molecule has 0 saturated carbocycles. The SMILES string of the molecule is CO[C@@H]1OCC(=O)[C@H]2OC(C)(C)O[C@@H]12. The first-order valence-electron chi connectivity index (χ1n) is 4.56. The first-order valence-corrected chi connectivity index (χ1v) is 4.56. The number of methoxy groups -OCH3 is 1. The van der Waals surface area contributed by atoms with Crippen LogP contribution in [0.4, 0.5) is 0 Å². The van der Waals surface area contributed by atoms with Crippen LogP contribution in [0.25, 0.3) is 0 Å². The number of ether oxygens (including phenoxy) is 4. The number of fused-ring (bicyclic) bond motifs is 1. The minimum absolute atomic E-state index is 0.0269. The molecule has 14 heavy (non-hydrogen) atoms. The molecule has 0 spiro atoms. The molecule has 0 unspecified atom stereocenters. The highest BCUT2D eigenvalue weighted by molar-refractivity contribution is 5.86. The van der Waals surface area contributed by atoms with Gasteiger partial charge in [-0.05, 0) is 13.8 Å². The van der Waals surface area contributed by atoms with E-state index >= 15 is 0 Å². The highest BCUT2D eigenvalue weighted by Crippen LogP contribution is 2.33. The fourth-order valence-electron chi connectivity index (χ4n) is 1.78. The van der Waals surface area contributed by atoms with Crippen LogP contribution in [0.3, 0.4) is 0 Å². The van der Waals surface area contributed by atoms with E-state index < -0.39 is 24.3 Å². The van der Waals surface area contributed by atoms with Gasteiger partial charge in [-0.2, -0.15) is 0 Å². The van der Waals surface area contributed by atoms with E-state index in [4.69, 9.17) is 18.9 Å². The van der Waals surface area contributed by atoms with Crippen molar-refractivity contribution >= 4 is 5.78 Å². The van der Waals surface area contributed by atoms with Crippen LogP contribution in [-0.4, -0.2) is 43.8 Å². The Morgan fingerprint density at radius 2 is 2.14 bits per heavy atom. The highest BCUT2D eigenvalue weighted by Gasteiger charge is 2.51. The minimum atomic E-state index is -0.741. The second-order valence-corrected chi connectivity index (χ2v) is 3.90. The molecule has 2 rings (SSSR count). The van der Waals surface area contributed by atoms with Crippen molar-refractivity contribution in [2.45, 2.75) is 38.1 Å². The number of hydrogen-bond acceptors (Lipinski definition) is 5. The lowest BCUT2D eigenvalue weighted by Gasteiger charge is -2.28. The zero-order valence-corrected chi connectivity index (χ0v) is 8.48. The summed E-state index contributed by atoms with van der Waals surface area (Å²) in [6.07, 6.45) is -1.51. The maximum absolute atomic E-state index is 11.4. The van der Waals surface area contributed by atoms with E-state index in [1.165, 1.54) is 7.11 Å². The van der Waals surface area contributed by atoms with Gasteiger partial charge in [0.25, 0.3) is 0 Å². The van der Waals surface area contributed by atoms with Crippen molar-refractivity contribution in [2.24, 2.45) is 0 Å². The van der Waals surface area contributed by atoms with Gasteiger partial charge < -0.3 is 18.9 Å². The predicted octanol–water partition coefficient (Wildman–Crippen LogP) is 0.0783. The summed E-state index contributed by atoms with van der Waals surface area (Å²) >= 11 is 0. The number of carbonyl (C=O) groups is 1. The zero-order chi connectivity index (χ0) is 10.3. The van der Waals surface area contributed by atoms with Crippen LogP contribution in [0.15, 0.2) is 0 Å². The molecule has 0 aliphatic carbocycles. The van der Waals surface area contributed by atoms with Gasteiger partial charge in [-0.25, -0.2) is 0 Å². The Morgan fingerprint density at radius 1 is 1.43 bits per heavy atom. The lowest BCUT2D eigenvalue weighted by Crippen LogP contribution is -2.49. The fraction of sp³-hybridized carbons (Fsp3) is 0.889. The largest absolute Gasteiger partial charge is 0.353 e. The minimum Gasteiger partial charge on any atom is -0.353 e. The Morgan fingerprint density at radius 3 is 2.79 bits per heavy atom. The lowest BCUT2D eigenvalue weighted by molar-refractivity contribution is -0.216. The topological polar surface area (TPSA) is 54.0 Å². The molecule has 0 amide bonds. The van der Waals surface area contributed by atoms with E-state index in [0.29, 0.717) is 0 Å². The first kappa shape index (κ1) is 10.0. The molecule has 0 aromatic rings. The lowest BCUT2D eigenvalue weighted by atomic mass is 10.1. The van der Waals surface area contributed by atoms with Crippen molar-refractivity contribution in [2.75, 3.05) is 13.7 Å². The van der Waals surface area contributed by atoms with Gasteiger partial charge in [-0.1, -0.05) is 0 Å². The van der Waals surface area contributed by atoms with E-state index in [9.17, 15) is 4.79 Å². The third kappa shape index (κ3) is 1.56. The summed E-state index contributed by atoms with van der Waals surface area (Å²) < 4.78 is 21.2. The Bertz CT molecular complexity index is 250. The Kier molecular flexibility index (Phi) is 2.35. The van der Waals surface area contributed by atoms with Gasteiger partial charge in [0.15, 0.2) is 24.0 Å². The highest BCUT2D eigenvalue weighted by atomic mass is 16.8. The van der Waals surface area contributed by atoms with Crippen molar-refractivity contribution in [1.82, 2.24) is 0 Å². The summed E-state index contributed by atoms with van der Waals surface area (Å²) in [4.78, 5) is 11.4. The van der Waals surface area contributed by atoms with Crippen LogP contribution in [0.5, 0.6) is 0 Å². The molecule has 0 aromatic heterocycles. The van der Waals surface area contributed by atoms with E-state index in [0.717, 1.165) is 0 Å². The molecule has 0 radical (unpaired) electrons. The van der Waals surface area contributed by atoms with Crippen molar-refractivity contribution < 1.29 is 23.7 Å². The van der Waals surface area contributed by atoms with Gasteiger partial charge in [0, 0.05) is 7.11 Å². The van der Waals surface area contributed by atoms with Crippen LogP contribution < -0.4 is 0 Å². The van der Waals surface area contributed by atoms with Crippen LogP contribution in [0, 0.1) is 0 Å². The van der Waals surface area contributed by atoms with Gasteiger partial charge in [0.05, 0.1) is 0 Å². The molecule has 0 bridgehead atoms. The zero-order valence-electron chi connectivity index (χ0n) is 8.48. The molecule has 2 fully saturated rings. The standard InChI is InChI=1S/C9H14O5/c1-9(2)13-6-5(10)4-12-8(11-3)7(6)14-9/h6-8H,4H2,1-3H3/t6-,7-,8-/m1/s1. The predicted molar refractivity (Wildman–Crippen MR) is 45.6 cm³/mol. The molecular weight excluding hydrogens is 188 g/mol. The molecule has 0 N–H and O–H groups in total.